The van der Waals surface area contributed by atoms with Gasteiger partial charge >= 0.3 is 0 Å². The summed E-state index contributed by atoms with van der Waals surface area (Å²) in [6.45, 7) is 0.342. The second-order valence-corrected chi connectivity index (χ2v) is 4.71. The third-order valence-corrected chi connectivity index (χ3v) is 3.45. The van der Waals surface area contributed by atoms with Gasteiger partial charge in [-0.05, 0) is 18.2 Å². The Balaban J connectivity index is 2.30. The maximum atomic E-state index is 11.2. The second kappa shape index (κ2) is 5.38. The average molecular weight is 282 g/mol. The molecule has 3 aromatic rings. The monoisotopic (exact) mass is 282 g/mol. The van der Waals surface area contributed by atoms with Crippen molar-refractivity contribution in [2.24, 2.45) is 0 Å². The summed E-state index contributed by atoms with van der Waals surface area (Å²) >= 11 is 0. The first-order valence-corrected chi connectivity index (χ1v) is 6.53. The highest BCUT2D eigenvalue weighted by atomic mass is 16.6. The summed E-state index contributed by atoms with van der Waals surface area (Å²) in [6.07, 6.45) is 0. The lowest BCUT2D eigenvalue weighted by Gasteiger charge is -2.10. The van der Waals surface area contributed by atoms with Crippen LogP contribution in [0.15, 0.2) is 54.6 Å². The largest absolute Gasteiger partial charge is 0.364 e. The van der Waals surface area contributed by atoms with Crippen LogP contribution in [0.2, 0.25) is 0 Å². The molecule has 0 bridgehead atoms. The number of hydrogen-bond donors (Lipinski definition) is 0. The fourth-order valence-electron chi connectivity index (χ4n) is 2.55. The highest BCUT2D eigenvalue weighted by Crippen LogP contribution is 2.33. The third-order valence-electron chi connectivity index (χ3n) is 3.45. The predicted molar refractivity (Wildman–Crippen MR) is 81.0 cm³/mol. The summed E-state index contributed by atoms with van der Waals surface area (Å²) in [7, 11) is 1.61. The summed E-state index contributed by atoms with van der Waals surface area (Å²) in [5.74, 6) is 0. The Bertz CT molecular complexity index is 808. The summed E-state index contributed by atoms with van der Waals surface area (Å²) < 4.78 is 7.19. The van der Waals surface area contributed by atoms with E-state index in [1.807, 2.05) is 34.9 Å². The van der Waals surface area contributed by atoms with Crippen LogP contribution in [0.3, 0.4) is 0 Å². The number of hydrogen-bond acceptors (Lipinski definition) is 3. The first-order valence-electron chi connectivity index (χ1n) is 6.53. The zero-order valence-corrected chi connectivity index (χ0v) is 11.5. The Hall–Kier alpha value is -2.66. The molecule has 21 heavy (non-hydrogen) atoms. The van der Waals surface area contributed by atoms with Crippen molar-refractivity contribution in [3.05, 3.63) is 64.7 Å². The molecule has 0 saturated heterocycles. The lowest BCUT2D eigenvalue weighted by molar-refractivity contribution is -0.384. The standard InChI is InChI=1S/C16H14N2O3/c1-21-11-17-14-8-4-2-6-12(14)10-16(17)13-7-3-5-9-15(13)18(19)20/h2-10H,11H2,1H3. The van der Waals surface area contributed by atoms with Gasteiger partial charge in [0.25, 0.3) is 5.69 Å². The highest BCUT2D eigenvalue weighted by molar-refractivity contribution is 5.88. The first-order chi connectivity index (χ1) is 10.2. The third kappa shape index (κ3) is 2.28. The Kier molecular flexibility index (Phi) is 3.41. The Labute approximate surface area is 121 Å². The molecule has 3 rings (SSSR count). The van der Waals surface area contributed by atoms with Crippen molar-refractivity contribution in [2.45, 2.75) is 6.73 Å². The van der Waals surface area contributed by atoms with E-state index in [0.29, 0.717) is 12.3 Å². The maximum Gasteiger partial charge on any atom is 0.278 e. The molecule has 2 aromatic carbocycles. The molecule has 1 heterocycles. The smallest absolute Gasteiger partial charge is 0.278 e. The van der Waals surface area contributed by atoms with Gasteiger partial charge in [-0.15, -0.1) is 0 Å². The number of methoxy groups -OCH3 is 1. The molecule has 0 unspecified atom stereocenters. The van der Waals surface area contributed by atoms with Gasteiger partial charge in [-0.25, -0.2) is 0 Å². The zero-order valence-electron chi connectivity index (χ0n) is 11.5. The molecule has 0 atom stereocenters. The minimum atomic E-state index is -0.357. The van der Waals surface area contributed by atoms with Crippen molar-refractivity contribution in [3.63, 3.8) is 0 Å². The van der Waals surface area contributed by atoms with Crippen molar-refractivity contribution in [1.29, 1.82) is 0 Å². The molecular weight excluding hydrogens is 268 g/mol. The molecule has 0 aliphatic heterocycles. The molecule has 0 radical (unpaired) electrons. The fraction of sp³-hybridized carbons (Fsp3) is 0.125. The fourth-order valence-corrected chi connectivity index (χ4v) is 2.55. The number of rotatable bonds is 4. The van der Waals surface area contributed by atoms with E-state index >= 15 is 0 Å². The Morgan fingerprint density at radius 3 is 2.62 bits per heavy atom. The van der Waals surface area contributed by atoms with Crippen LogP contribution in [0.1, 0.15) is 0 Å². The SMILES string of the molecule is COCn1c(-c2ccccc2[N+](=O)[O-])cc2ccccc21. The maximum absolute atomic E-state index is 11.2. The van der Waals surface area contributed by atoms with Gasteiger partial charge in [0.15, 0.2) is 0 Å². The molecule has 0 fully saturated rings. The van der Waals surface area contributed by atoms with E-state index in [1.54, 1.807) is 25.3 Å². The molecule has 0 saturated carbocycles. The van der Waals surface area contributed by atoms with E-state index in [0.717, 1.165) is 16.6 Å². The molecule has 5 heteroatoms. The van der Waals surface area contributed by atoms with Gasteiger partial charge in [0.2, 0.25) is 0 Å². The number of benzene rings is 2. The van der Waals surface area contributed by atoms with Crippen molar-refractivity contribution < 1.29 is 9.66 Å². The summed E-state index contributed by atoms with van der Waals surface area (Å²) in [5, 5.41) is 12.3. The second-order valence-electron chi connectivity index (χ2n) is 4.71. The van der Waals surface area contributed by atoms with E-state index in [2.05, 4.69) is 0 Å². The minimum absolute atomic E-state index is 0.0951. The van der Waals surface area contributed by atoms with Gasteiger partial charge in [0, 0.05) is 18.6 Å². The number of para-hydroxylation sites is 2. The number of fused-ring (bicyclic) bond motifs is 1. The summed E-state index contributed by atoms with van der Waals surface area (Å²) in [5.41, 5.74) is 2.46. The molecule has 0 N–H and O–H groups in total. The van der Waals surface area contributed by atoms with Gasteiger partial charge in [0.05, 0.1) is 21.7 Å². The summed E-state index contributed by atoms with van der Waals surface area (Å²) in [4.78, 5) is 10.9. The average Bonchev–Trinajstić information content (AvgIpc) is 2.86. The van der Waals surface area contributed by atoms with Crippen molar-refractivity contribution >= 4 is 16.6 Å². The van der Waals surface area contributed by atoms with Crippen LogP contribution < -0.4 is 0 Å². The quantitative estimate of drug-likeness (QED) is 0.540. The van der Waals surface area contributed by atoms with Crippen LogP contribution >= 0.6 is 0 Å². The molecule has 106 valence electrons. The number of ether oxygens (including phenoxy) is 1. The highest BCUT2D eigenvalue weighted by Gasteiger charge is 2.19. The van der Waals surface area contributed by atoms with Crippen LogP contribution in [-0.4, -0.2) is 16.6 Å². The first kappa shape index (κ1) is 13.3. The molecule has 0 aliphatic rings. The van der Waals surface area contributed by atoms with Gasteiger partial charge in [-0.1, -0.05) is 30.3 Å². The van der Waals surface area contributed by atoms with E-state index in [1.165, 1.54) is 6.07 Å². The van der Waals surface area contributed by atoms with Crippen molar-refractivity contribution in [1.82, 2.24) is 4.57 Å². The topological polar surface area (TPSA) is 57.3 Å². The Morgan fingerprint density at radius 1 is 1.14 bits per heavy atom. The molecular formula is C16H14N2O3. The van der Waals surface area contributed by atoms with Crippen LogP contribution in [0.25, 0.3) is 22.2 Å². The normalized spacial score (nSPS) is 10.9. The molecule has 0 aliphatic carbocycles. The van der Waals surface area contributed by atoms with E-state index < -0.39 is 0 Å². The van der Waals surface area contributed by atoms with Gasteiger partial charge in [-0.3, -0.25) is 10.1 Å². The van der Waals surface area contributed by atoms with Crippen LogP contribution in [-0.2, 0) is 11.5 Å². The number of aromatic nitrogens is 1. The zero-order chi connectivity index (χ0) is 14.8. The van der Waals surface area contributed by atoms with E-state index in [-0.39, 0.29) is 10.6 Å². The van der Waals surface area contributed by atoms with Crippen molar-refractivity contribution in [3.8, 4) is 11.3 Å². The van der Waals surface area contributed by atoms with E-state index in [9.17, 15) is 10.1 Å². The molecule has 1 aromatic heterocycles. The number of nitro groups is 1. The van der Waals surface area contributed by atoms with Gasteiger partial charge in [-0.2, -0.15) is 0 Å². The van der Waals surface area contributed by atoms with Crippen LogP contribution in [0.5, 0.6) is 0 Å². The molecule has 0 spiro atoms. The number of nitrogens with zero attached hydrogens (tertiary/aromatic N) is 2. The minimum Gasteiger partial charge on any atom is -0.364 e. The summed E-state index contributed by atoms with van der Waals surface area (Å²) in [6, 6.07) is 16.6. The van der Waals surface area contributed by atoms with Crippen molar-refractivity contribution in [2.75, 3.05) is 7.11 Å². The molecule has 5 nitrogen and oxygen atoms in total. The Morgan fingerprint density at radius 2 is 1.86 bits per heavy atom. The predicted octanol–water partition coefficient (Wildman–Crippen LogP) is 3.82. The van der Waals surface area contributed by atoms with E-state index in [4.69, 9.17) is 4.74 Å². The molecule has 0 amide bonds. The number of nitro benzene ring substituents is 1. The van der Waals surface area contributed by atoms with Gasteiger partial charge in [0.1, 0.15) is 6.73 Å². The lowest BCUT2D eigenvalue weighted by atomic mass is 10.1. The van der Waals surface area contributed by atoms with Crippen LogP contribution in [0.4, 0.5) is 5.69 Å². The van der Waals surface area contributed by atoms with Gasteiger partial charge < -0.3 is 9.30 Å². The lowest BCUT2D eigenvalue weighted by Crippen LogP contribution is -2.02. The van der Waals surface area contributed by atoms with Crippen LogP contribution in [0, 0.1) is 10.1 Å².